The topological polar surface area (TPSA) is 91.2 Å². The van der Waals surface area contributed by atoms with E-state index < -0.39 is 0 Å². The molecule has 6 nitrogen and oxygen atoms in total. The average molecular weight is 433 g/mol. The number of amides is 2. The van der Waals surface area contributed by atoms with E-state index in [1.807, 2.05) is 30.3 Å². The summed E-state index contributed by atoms with van der Waals surface area (Å²) in [6, 6.07) is 16.0. The lowest BCUT2D eigenvalue weighted by Gasteiger charge is -2.31. The number of carbonyl (C=O) groups is 2. The number of aromatic amines is 1. The fraction of sp³-hybridized carbons (Fsp3) is 0.385. The minimum Gasteiger partial charge on any atom is -0.369 e. The largest absolute Gasteiger partial charge is 0.369 e. The number of H-pyrrole nitrogens is 1. The van der Waals surface area contributed by atoms with Gasteiger partial charge < -0.3 is 16.0 Å². The normalized spacial score (nSPS) is 17.4. The Morgan fingerprint density at radius 1 is 1.12 bits per heavy atom. The third-order valence-electron chi connectivity index (χ3n) is 6.26. The van der Waals surface area contributed by atoms with Crippen molar-refractivity contribution < 1.29 is 9.59 Å². The molecule has 6 heteroatoms. The van der Waals surface area contributed by atoms with Crippen LogP contribution in [0.25, 0.3) is 10.9 Å². The van der Waals surface area contributed by atoms with Crippen LogP contribution in [0.4, 0.5) is 5.69 Å². The highest BCUT2D eigenvalue weighted by Gasteiger charge is 2.23. The van der Waals surface area contributed by atoms with Gasteiger partial charge in [0.1, 0.15) is 5.69 Å². The van der Waals surface area contributed by atoms with E-state index in [4.69, 9.17) is 5.73 Å². The summed E-state index contributed by atoms with van der Waals surface area (Å²) in [6.07, 6.45) is 1.87. The first-order valence-electron chi connectivity index (χ1n) is 11.2. The van der Waals surface area contributed by atoms with Gasteiger partial charge >= 0.3 is 0 Å². The molecule has 0 bridgehead atoms. The van der Waals surface area contributed by atoms with E-state index in [0.717, 1.165) is 48.1 Å². The molecule has 1 atom stereocenters. The first-order chi connectivity index (χ1) is 15.2. The van der Waals surface area contributed by atoms with Crippen LogP contribution in [0.5, 0.6) is 0 Å². The maximum absolute atomic E-state index is 12.8. The Balaban J connectivity index is 1.40. The minimum absolute atomic E-state index is 0.0540. The molecule has 4 N–H and O–H groups in total. The van der Waals surface area contributed by atoms with Gasteiger partial charge in [-0.3, -0.25) is 14.5 Å². The standard InChI is InChI=1S/C26H32N4O2/c1-26(2,3)20-9-8-18-13-23(29-22(18)14-20)25(32)28-21-10-6-17(7-11-21)15-30-12-4-5-19(16-30)24(27)31/h6-11,13-14,19,29H,4-5,12,15-16H2,1-3H3,(H2,27,31)(H,28,32). The predicted octanol–water partition coefficient (Wildman–Crippen LogP) is 4.42. The van der Waals surface area contributed by atoms with Gasteiger partial charge in [0.25, 0.3) is 5.91 Å². The number of piperidine rings is 1. The Morgan fingerprint density at radius 2 is 1.88 bits per heavy atom. The van der Waals surface area contributed by atoms with Crippen molar-refractivity contribution in [3.8, 4) is 0 Å². The molecule has 1 unspecified atom stereocenters. The van der Waals surface area contributed by atoms with Gasteiger partial charge in [-0.1, -0.05) is 45.0 Å². The maximum atomic E-state index is 12.8. The second kappa shape index (κ2) is 8.79. The van der Waals surface area contributed by atoms with Crippen LogP contribution in [0.3, 0.4) is 0 Å². The first kappa shape index (κ1) is 22.1. The maximum Gasteiger partial charge on any atom is 0.272 e. The fourth-order valence-corrected chi connectivity index (χ4v) is 4.30. The van der Waals surface area contributed by atoms with Crippen molar-refractivity contribution >= 4 is 28.4 Å². The van der Waals surface area contributed by atoms with Crippen molar-refractivity contribution in [2.24, 2.45) is 11.7 Å². The molecule has 1 fully saturated rings. The Labute approximate surface area is 189 Å². The Hall–Kier alpha value is -3.12. The van der Waals surface area contributed by atoms with Crippen molar-refractivity contribution in [3.05, 3.63) is 65.4 Å². The zero-order chi connectivity index (χ0) is 22.9. The molecule has 2 heterocycles. The minimum atomic E-state index is -0.209. The highest BCUT2D eigenvalue weighted by atomic mass is 16.2. The Morgan fingerprint density at radius 3 is 2.56 bits per heavy atom. The molecule has 0 radical (unpaired) electrons. The third kappa shape index (κ3) is 5.02. The summed E-state index contributed by atoms with van der Waals surface area (Å²) in [5, 5.41) is 3.99. The number of nitrogens with one attached hydrogen (secondary N) is 2. The highest BCUT2D eigenvalue weighted by molar-refractivity contribution is 6.06. The van der Waals surface area contributed by atoms with E-state index in [1.54, 1.807) is 0 Å². The van der Waals surface area contributed by atoms with Gasteiger partial charge in [0.15, 0.2) is 0 Å². The number of fused-ring (bicyclic) bond motifs is 1. The van der Waals surface area contributed by atoms with Crippen molar-refractivity contribution in [2.45, 2.75) is 45.6 Å². The number of benzene rings is 2. The van der Waals surface area contributed by atoms with Crippen molar-refractivity contribution in [1.29, 1.82) is 0 Å². The van der Waals surface area contributed by atoms with Gasteiger partial charge in [-0.15, -0.1) is 0 Å². The third-order valence-corrected chi connectivity index (χ3v) is 6.26. The van der Waals surface area contributed by atoms with E-state index in [-0.39, 0.29) is 23.1 Å². The van der Waals surface area contributed by atoms with Crippen LogP contribution in [-0.2, 0) is 16.8 Å². The zero-order valence-corrected chi connectivity index (χ0v) is 19.1. The smallest absolute Gasteiger partial charge is 0.272 e. The molecule has 1 aromatic heterocycles. The SMILES string of the molecule is CC(C)(C)c1ccc2cc(C(=O)Nc3ccc(CN4CCCC(C(N)=O)C4)cc3)[nH]c2c1. The number of hydrogen-bond donors (Lipinski definition) is 3. The van der Waals surface area contributed by atoms with Gasteiger partial charge in [-0.05, 0) is 60.2 Å². The number of rotatable bonds is 5. The second-order valence-electron chi connectivity index (χ2n) is 9.86. The van der Waals surface area contributed by atoms with Crippen molar-refractivity contribution in [1.82, 2.24) is 9.88 Å². The average Bonchev–Trinajstić information content (AvgIpc) is 3.18. The summed E-state index contributed by atoms with van der Waals surface area (Å²) in [5.74, 6) is -0.427. The lowest BCUT2D eigenvalue weighted by Crippen LogP contribution is -2.40. The van der Waals surface area contributed by atoms with Gasteiger partial charge in [0, 0.05) is 29.7 Å². The molecule has 1 saturated heterocycles. The van der Waals surface area contributed by atoms with Crippen LogP contribution in [0, 0.1) is 5.92 Å². The van der Waals surface area contributed by atoms with Crippen LogP contribution in [-0.4, -0.2) is 34.8 Å². The summed E-state index contributed by atoms with van der Waals surface area (Å²) in [6.45, 7) is 8.99. The summed E-state index contributed by atoms with van der Waals surface area (Å²) < 4.78 is 0. The number of aromatic nitrogens is 1. The van der Waals surface area contributed by atoms with Gasteiger partial charge in [-0.25, -0.2) is 0 Å². The molecule has 4 rings (SSSR count). The zero-order valence-electron chi connectivity index (χ0n) is 19.1. The number of anilines is 1. The molecule has 1 aliphatic rings. The van der Waals surface area contributed by atoms with E-state index >= 15 is 0 Å². The molecule has 0 saturated carbocycles. The van der Waals surface area contributed by atoms with E-state index in [2.05, 4.69) is 54.2 Å². The van der Waals surface area contributed by atoms with E-state index in [1.165, 1.54) is 5.56 Å². The summed E-state index contributed by atoms with van der Waals surface area (Å²) in [7, 11) is 0. The Bertz CT molecular complexity index is 1120. The molecule has 32 heavy (non-hydrogen) atoms. The molecule has 168 valence electrons. The molecule has 0 spiro atoms. The highest BCUT2D eigenvalue weighted by Crippen LogP contribution is 2.26. The molecule has 1 aliphatic heterocycles. The van der Waals surface area contributed by atoms with Gasteiger partial charge in [0.05, 0.1) is 5.92 Å². The van der Waals surface area contributed by atoms with Crippen molar-refractivity contribution in [3.63, 3.8) is 0 Å². The molecular formula is C26H32N4O2. The summed E-state index contributed by atoms with van der Waals surface area (Å²) in [4.78, 5) is 29.8. The number of carbonyl (C=O) groups excluding carboxylic acids is 2. The van der Waals surface area contributed by atoms with Gasteiger partial charge in [0.2, 0.25) is 5.91 Å². The van der Waals surface area contributed by atoms with Crippen molar-refractivity contribution in [2.75, 3.05) is 18.4 Å². The predicted molar refractivity (Wildman–Crippen MR) is 129 cm³/mol. The Kier molecular flexibility index (Phi) is 6.07. The molecule has 2 amide bonds. The van der Waals surface area contributed by atoms with Gasteiger partial charge in [-0.2, -0.15) is 0 Å². The summed E-state index contributed by atoms with van der Waals surface area (Å²) in [5.41, 5.74) is 10.2. The van der Waals surface area contributed by atoms with E-state index in [0.29, 0.717) is 12.2 Å². The molecule has 0 aliphatic carbocycles. The van der Waals surface area contributed by atoms with Crippen LogP contribution in [0.2, 0.25) is 0 Å². The lowest BCUT2D eigenvalue weighted by atomic mass is 9.87. The quantitative estimate of drug-likeness (QED) is 0.557. The molecule has 2 aromatic carbocycles. The van der Waals surface area contributed by atoms with Crippen LogP contribution in [0.15, 0.2) is 48.5 Å². The van der Waals surface area contributed by atoms with Crippen LogP contribution in [0.1, 0.15) is 55.2 Å². The number of nitrogens with two attached hydrogens (primary N) is 1. The number of hydrogen-bond acceptors (Lipinski definition) is 3. The fourth-order valence-electron chi connectivity index (χ4n) is 4.30. The van der Waals surface area contributed by atoms with Crippen LogP contribution < -0.4 is 11.1 Å². The first-order valence-corrected chi connectivity index (χ1v) is 11.2. The number of primary amides is 1. The lowest BCUT2D eigenvalue weighted by molar-refractivity contribution is -0.123. The second-order valence-corrected chi connectivity index (χ2v) is 9.86. The number of likely N-dealkylation sites (tertiary alicyclic amines) is 1. The monoisotopic (exact) mass is 432 g/mol. The molecule has 3 aromatic rings. The number of nitrogens with zero attached hydrogens (tertiary/aromatic N) is 1. The van der Waals surface area contributed by atoms with E-state index in [9.17, 15) is 9.59 Å². The van der Waals surface area contributed by atoms with Crippen LogP contribution >= 0.6 is 0 Å². The summed E-state index contributed by atoms with van der Waals surface area (Å²) >= 11 is 0. The molecular weight excluding hydrogens is 400 g/mol.